The first-order chi connectivity index (χ1) is 9.78. The Kier molecular flexibility index (Phi) is 3.04. The molecule has 2 aromatic heterocycles. The van der Waals surface area contributed by atoms with Gasteiger partial charge in [-0.25, -0.2) is 14.8 Å². The lowest BCUT2D eigenvalue weighted by Gasteiger charge is -2.07. The van der Waals surface area contributed by atoms with E-state index in [0.717, 1.165) is 16.7 Å². The van der Waals surface area contributed by atoms with E-state index in [0.29, 0.717) is 11.4 Å². The number of aromatic amines is 1. The first kappa shape index (κ1) is 12.2. The van der Waals surface area contributed by atoms with Crippen LogP contribution in [0.15, 0.2) is 42.9 Å². The van der Waals surface area contributed by atoms with Crippen molar-refractivity contribution < 1.29 is 9.53 Å². The molecule has 0 radical (unpaired) electrons. The Morgan fingerprint density at radius 2 is 2.00 bits per heavy atom. The predicted octanol–water partition coefficient (Wildman–Crippen LogP) is 2.49. The van der Waals surface area contributed by atoms with Crippen molar-refractivity contribution in [2.45, 2.75) is 0 Å². The van der Waals surface area contributed by atoms with Crippen molar-refractivity contribution in [3.8, 4) is 0 Å². The molecule has 0 aliphatic rings. The molecule has 0 unspecified atom stereocenters. The van der Waals surface area contributed by atoms with E-state index in [1.54, 1.807) is 24.3 Å². The molecule has 2 heterocycles. The smallest absolute Gasteiger partial charge is 0.337 e. The highest BCUT2D eigenvalue weighted by Gasteiger charge is 2.07. The van der Waals surface area contributed by atoms with E-state index >= 15 is 0 Å². The van der Waals surface area contributed by atoms with Crippen LogP contribution in [0.2, 0.25) is 0 Å². The number of hydrogen-bond donors (Lipinski definition) is 2. The zero-order valence-electron chi connectivity index (χ0n) is 10.8. The molecule has 0 saturated heterocycles. The monoisotopic (exact) mass is 268 g/mol. The molecule has 6 nitrogen and oxygen atoms in total. The van der Waals surface area contributed by atoms with E-state index in [1.165, 1.54) is 13.4 Å². The van der Waals surface area contributed by atoms with Gasteiger partial charge in [0.1, 0.15) is 17.8 Å². The van der Waals surface area contributed by atoms with Gasteiger partial charge in [-0.2, -0.15) is 0 Å². The highest BCUT2D eigenvalue weighted by molar-refractivity contribution is 5.91. The van der Waals surface area contributed by atoms with Gasteiger partial charge in [0.05, 0.1) is 18.1 Å². The van der Waals surface area contributed by atoms with Crippen LogP contribution in [0.25, 0.3) is 11.0 Å². The van der Waals surface area contributed by atoms with Crippen molar-refractivity contribution >= 4 is 28.5 Å². The maximum atomic E-state index is 11.4. The van der Waals surface area contributed by atoms with Crippen molar-refractivity contribution in [1.82, 2.24) is 15.0 Å². The van der Waals surface area contributed by atoms with Crippen molar-refractivity contribution in [3.63, 3.8) is 0 Å². The Bertz CT molecular complexity index is 749. The maximum absolute atomic E-state index is 11.4. The van der Waals surface area contributed by atoms with Crippen molar-refractivity contribution in [2.75, 3.05) is 12.4 Å². The SMILES string of the molecule is COC(=O)c1ccc(Nc2ncnc3[nH]ccc23)cc1. The Morgan fingerprint density at radius 1 is 1.20 bits per heavy atom. The van der Waals surface area contributed by atoms with Gasteiger partial charge in [0.15, 0.2) is 0 Å². The number of aromatic nitrogens is 3. The number of fused-ring (bicyclic) bond motifs is 1. The Balaban J connectivity index is 1.88. The van der Waals surface area contributed by atoms with Crippen LogP contribution < -0.4 is 5.32 Å². The van der Waals surface area contributed by atoms with Crippen LogP contribution in [0.3, 0.4) is 0 Å². The first-order valence-electron chi connectivity index (χ1n) is 6.01. The number of H-pyrrole nitrogens is 1. The Hall–Kier alpha value is -2.89. The fourth-order valence-electron chi connectivity index (χ4n) is 1.92. The van der Waals surface area contributed by atoms with E-state index in [1.807, 2.05) is 12.3 Å². The molecule has 3 aromatic rings. The molecule has 1 aromatic carbocycles. The summed E-state index contributed by atoms with van der Waals surface area (Å²) in [7, 11) is 1.36. The molecule has 0 bridgehead atoms. The maximum Gasteiger partial charge on any atom is 0.337 e. The van der Waals surface area contributed by atoms with Gasteiger partial charge in [0.2, 0.25) is 0 Å². The van der Waals surface area contributed by atoms with Crippen molar-refractivity contribution in [2.24, 2.45) is 0 Å². The van der Waals surface area contributed by atoms with E-state index in [9.17, 15) is 4.79 Å². The first-order valence-corrected chi connectivity index (χ1v) is 6.01. The second-order valence-corrected chi connectivity index (χ2v) is 4.16. The van der Waals surface area contributed by atoms with Gasteiger partial charge in [0, 0.05) is 11.9 Å². The van der Waals surface area contributed by atoms with Crippen LogP contribution >= 0.6 is 0 Å². The topological polar surface area (TPSA) is 79.9 Å². The van der Waals surface area contributed by atoms with Gasteiger partial charge in [-0.05, 0) is 30.3 Å². The third kappa shape index (κ3) is 2.18. The van der Waals surface area contributed by atoms with Crippen LogP contribution in [0, 0.1) is 0 Å². The minimum Gasteiger partial charge on any atom is -0.465 e. The lowest BCUT2D eigenvalue weighted by molar-refractivity contribution is 0.0601. The normalized spacial score (nSPS) is 10.4. The highest BCUT2D eigenvalue weighted by Crippen LogP contribution is 2.22. The zero-order valence-corrected chi connectivity index (χ0v) is 10.8. The lowest BCUT2D eigenvalue weighted by Crippen LogP contribution is -2.01. The number of carbonyl (C=O) groups is 1. The fourth-order valence-corrected chi connectivity index (χ4v) is 1.92. The lowest BCUT2D eigenvalue weighted by atomic mass is 10.2. The fraction of sp³-hybridized carbons (Fsp3) is 0.0714. The minimum absolute atomic E-state index is 0.355. The molecular formula is C14H12N4O2. The van der Waals surface area contributed by atoms with E-state index < -0.39 is 0 Å². The Labute approximate surface area is 114 Å². The van der Waals surface area contributed by atoms with Crippen LogP contribution in [-0.2, 0) is 4.74 Å². The number of methoxy groups -OCH3 is 1. The van der Waals surface area contributed by atoms with Gasteiger partial charge in [0.25, 0.3) is 0 Å². The average molecular weight is 268 g/mol. The van der Waals surface area contributed by atoms with Crippen molar-refractivity contribution in [3.05, 3.63) is 48.4 Å². The largest absolute Gasteiger partial charge is 0.465 e. The van der Waals surface area contributed by atoms with E-state index in [4.69, 9.17) is 0 Å². The molecule has 0 fully saturated rings. The summed E-state index contributed by atoms with van der Waals surface area (Å²) in [5.41, 5.74) is 2.11. The summed E-state index contributed by atoms with van der Waals surface area (Å²) < 4.78 is 4.66. The number of anilines is 2. The van der Waals surface area contributed by atoms with Gasteiger partial charge in [-0.15, -0.1) is 0 Å². The van der Waals surface area contributed by atoms with Gasteiger partial charge < -0.3 is 15.0 Å². The molecule has 3 rings (SSSR count). The third-order valence-corrected chi connectivity index (χ3v) is 2.92. The van der Waals surface area contributed by atoms with Crippen LogP contribution in [0.5, 0.6) is 0 Å². The predicted molar refractivity (Wildman–Crippen MR) is 75.0 cm³/mol. The number of nitrogens with zero attached hydrogens (tertiary/aromatic N) is 2. The summed E-state index contributed by atoms with van der Waals surface area (Å²) in [6.07, 6.45) is 3.30. The molecule has 0 atom stereocenters. The summed E-state index contributed by atoms with van der Waals surface area (Å²) in [5.74, 6) is 0.355. The molecule has 0 aliphatic carbocycles. The van der Waals surface area contributed by atoms with Gasteiger partial charge in [-0.1, -0.05) is 0 Å². The van der Waals surface area contributed by atoms with E-state index in [-0.39, 0.29) is 5.97 Å². The van der Waals surface area contributed by atoms with E-state index in [2.05, 4.69) is 25.0 Å². The quantitative estimate of drug-likeness (QED) is 0.713. The molecule has 20 heavy (non-hydrogen) atoms. The molecule has 0 saturated carbocycles. The van der Waals surface area contributed by atoms with Gasteiger partial charge >= 0.3 is 5.97 Å². The van der Waals surface area contributed by atoms with Crippen LogP contribution in [0.4, 0.5) is 11.5 Å². The summed E-state index contributed by atoms with van der Waals surface area (Å²) in [6, 6.07) is 8.90. The molecule has 100 valence electrons. The summed E-state index contributed by atoms with van der Waals surface area (Å²) in [4.78, 5) is 22.7. The summed E-state index contributed by atoms with van der Waals surface area (Å²) in [5, 5.41) is 4.10. The molecule has 6 heteroatoms. The average Bonchev–Trinajstić information content (AvgIpc) is 2.97. The van der Waals surface area contributed by atoms with Gasteiger partial charge in [-0.3, -0.25) is 0 Å². The van der Waals surface area contributed by atoms with Crippen LogP contribution in [-0.4, -0.2) is 28.0 Å². The number of rotatable bonds is 3. The number of ether oxygens (including phenoxy) is 1. The third-order valence-electron chi connectivity index (χ3n) is 2.92. The summed E-state index contributed by atoms with van der Waals surface area (Å²) in [6.45, 7) is 0. The zero-order chi connectivity index (χ0) is 13.9. The molecule has 2 N–H and O–H groups in total. The number of nitrogens with one attached hydrogen (secondary N) is 2. The summed E-state index contributed by atoms with van der Waals surface area (Å²) >= 11 is 0. The highest BCUT2D eigenvalue weighted by atomic mass is 16.5. The number of hydrogen-bond acceptors (Lipinski definition) is 5. The molecule has 0 aliphatic heterocycles. The second-order valence-electron chi connectivity index (χ2n) is 4.16. The Morgan fingerprint density at radius 3 is 2.75 bits per heavy atom. The number of carbonyl (C=O) groups excluding carboxylic acids is 1. The molecular weight excluding hydrogens is 256 g/mol. The number of benzene rings is 1. The molecule has 0 spiro atoms. The number of esters is 1. The minimum atomic E-state index is -0.355. The standard InChI is InChI=1S/C14H12N4O2/c1-20-14(19)9-2-4-10(5-3-9)18-13-11-6-7-15-12(11)16-8-17-13/h2-8H,1H3,(H2,15,16,17,18). The van der Waals surface area contributed by atoms with Crippen LogP contribution in [0.1, 0.15) is 10.4 Å². The molecule has 0 amide bonds. The van der Waals surface area contributed by atoms with Crippen molar-refractivity contribution in [1.29, 1.82) is 0 Å². The second kappa shape index (κ2) is 5.00.